The zero-order valence-corrected chi connectivity index (χ0v) is 11.3. The summed E-state index contributed by atoms with van der Waals surface area (Å²) in [4.78, 5) is 0. The zero-order valence-electron chi connectivity index (χ0n) is 11.3. The van der Waals surface area contributed by atoms with Crippen LogP contribution in [0.5, 0.6) is 0 Å². The lowest BCUT2D eigenvalue weighted by molar-refractivity contribution is 0.181. The van der Waals surface area contributed by atoms with Crippen molar-refractivity contribution < 1.29 is 4.74 Å². The van der Waals surface area contributed by atoms with E-state index in [4.69, 9.17) is 4.74 Å². The highest BCUT2D eigenvalue weighted by atomic mass is 16.5. The summed E-state index contributed by atoms with van der Waals surface area (Å²) in [6, 6.07) is 0.601. The topological polar surface area (TPSA) is 21.3 Å². The fourth-order valence-corrected chi connectivity index (χ4v) is 2.61. The Kier molecular flexibility index (Phi) is 7.06. The third kappa shape index (κ3) is 5.31. The largest absolute Gasteiger partial charge is 0.385 e. The van der Waals surface area contributed by atoms with Gasteiger partial charge in [-0.3, -0.25) is 0 Å². The molecule has 96 valence electrons. The van der Waals surface area contributed by atoms with E-state index in [1.807, 2.05) is 0 Å². The van der Waals surface area contributed by atoms with E-state index in [0.717, 1.165) is 24.9 Å². The van der Waals surface area contributed by atoms with E-state index in [2.05, 4.69) is 19.2 Å². The Morgan fingerprint density at radius 2 is 1.81 bits per heavy atom. The van der Waals surface area contributed by atoms with Gasteiger partial charge in [0.15, 0.2) is 0 Å². The first-order chi connectivity index (χ1) is 7.76. The number of nitrogens with one attached hydrogen (secondary N) is 1. The summed E-state index contributed by atoms with van der Waals surface area (Å²) in [5.74, 6) is 1.94. The highest BCUT2D eigenvalue weighted by Crippen LogP contribution is 2.30. The first-order valence-corrected chi connectivity index (χ1v) is 6.98. The zero-order chi connectivity index (χ0) is 11.8. The smallest absolute Gasteiger partial charge is 0.0476 e. The lowest BCUT2D eigenvalue weighted by Gasteiger charge is -2.29. The lowest BCUT2D eigenvalue weighted by Crippen LogP contribution is -2.33. The molecule has 1 atom stereocenters. The Balaban J connectivity index is 2.05. The summed E-state index contributed by atoms with van der Waals surface area (Å²) in [6.07, 6.45) is 8.28. The lowest BCUT2D eigenvalue weighted by atomic mass is 9.81. The van der Waals surface area contributed by atoms with Crippen molar-refractivity contribution in [1.82, 2.24) is 5.32 Å². The van der Waals surface area contributed by atoms with Gasteiger partial charge < -0.3 is 10.1 Å². The van der Waals surface area contributed by atoms with Crippen molar-refractivity contribution >= 4 is 0 Å². The average molecular weight is 227 g/mol. The predicted molar refractivity (Wildman–Crippen MR) is 69.7 cm³/mol. The first-order valence-electron chi connectivity index (χ1n) is 6.98. The van der Waals surface area contributed by atoms with E-state index in [1.54, 1.807) is 7.11 Å². The van der Waals surface area contributed by atoms with Gasteiger partial charge in [-0.2, -0.15) is 0 Å². The number of ether oxygens (including phenoxy) is 1. The standard InChI is InChI=1S/C14H29NO/c1-4-13-5-7-14(8-6-13)11-15-12(2)9-10-16-3/h12-15H,4-11H2,1-3H3. The molecule has 1 rings (SSSR count). The minimum atomic E-state index is 0.601. The molecule has 0 amide bonds. The van der Waals surface area contributed by atoms with E-state index in [0.29, 0.717) is 6.04 Å². The number of rotatable bonds is 7. The van der Waals surface area contributed by atoms with Gasteiger partial charge in [0.25, 0.3) is 0 Å². The van der Waals surface area contributed by atoms with Gasteiger partial charge in [0.05, 0.1) is 0 Å². The van der Waals surface area contributed by atoms with Gasteiger partial charge in [0.2, 0.25) is 0 Å². The molecule has 16 heavy (non-hydrogen) atoms. The van der Waals surface area contributed by atoms with Crippen LogP contribution in [-0.2, 0) is 4.74 Å². The SMILES string of the molecule is CCC1CCC(CNC(C)CCOC)CC1. The quantitative estimate of drug-likeness (QED) is 0.721. The van der Waals surface area contributed by atoms with E-state index >= 15 is 0 Å². The van der Waals surface area contributed by atoms with E-state index in [1.165, 1.54) is 38.6 Å². The minimum absolute atomic E-state index is 0.601. The number of hydrogen-bond donors (Lipinski definition) is 1. The molecule has 0 aromatic rings. The van der Waals surface area contributed by atoms with Gasteiger partial charge in [-0.25, -0.2) is 0 Å². The fourth-order valence-electron chi connectivity index (χ4n) is 2.61. The third-order valence-electron chi connectivity index (χ3n) is 4.05. The monoisotopic (exact) mass is 227 g/mol. The van der Waals surface area contributed by atoms with E-state index in [9.17, 15) is 0 Å². The van der Waals surface area contributed by atoms with Gasteiger partial charge >= 0.3 is 0 Å². The van der Waals surface area contributed by atoms with Crippen LogP contribution in [0.3, 0.4) is 0 Å². The highest BCUT2D eigenvalue weighted by Gasteiger charge is 2.19. The van der Waals surface area contributed by atoms with Crippen molar-refractivity contribution in [3.05, 3.63) is 0 Å². The summed E-state index contributed by atoms with van der Waals surface area (Å²) in [5.41, 5.74) is 0. The predicted octanol–water partition coefficient (Wildman–Crippen LogP) is 3.22. The average Bonchev–Trinajstić information content (AvgIpc) is 2.34. The molecule has 0 aromatic carbocycles. The van der Waals surface area contributed by atoms with Gasteiger partial charge in [-0.1, -0.05) is 26.2 Å². The third-order valence-corrected chi connectivity index (χ3v) is 4.05. The molecule has 1 fully saturated rings. The summed E-state index contributed by atoms with van der Waals surface area (Å²) < 4.78 is 5.09. The second kappa shape index (κ2) is 8.08. The van der Waals surface area contributed by atoms with Crippen LogP contribution >= 0.6 is 0 Å². The second-order valence-corrected chi connectivity index (χ2v) is 5.39. The van der Waals surface area contributed by atoms with Crippen molar-refractivity contribution in [2.75, 3.05) is 20.3 Å². The molecule has 1 unspecified atom stereocenters. The van der Waals surface area contributed by atoms with Crippen LogP contribution in [0.1, 0.15) is 52.4 Å². The second-order valence-electron chi connectivity index (χ2n) is 5.39. The molecule has 0 spiro atoms. The Hall–Kier alpha value is -0.0800. The Labute approximate surface area is 101 Å². The molecular formula is C14H29NO. The van der Waals surface area contributed by atoms with E-state index in [-0.39, 0.29) is 0 Å². The molecule has 0 aliphatic heterocycles. The van der Waals surface area contributed by atoms with Crippen molar-refractivity contribution in [3.8, 4) is 0 Å². The normalized spacial score (nSPS) is 27.9. The Morgan fingerprint density at radius 1 is 1.19 bits per heavy atom. The van der Waals surface area contributed by atoms with Crippen LogP contribution in [0.25, 0.3) is 0 Å². The molecule has 0 heterocycles. The highest BCUT2D eigenvalue weighted by molar-refractivity contribution is 4.74. The molecule has 0 aromatic heterocycles. The van der Waals surface area contributed by atoms with Crippen LogP contribution in [0.2, 0.25) is 0 Å². The first kappa shape index (κ1) is 14.0. The molecule has 1 N–H and O–H groups in total. The molecule has 2 heteroatoms. The van der Waals surface area contributed by atoms with Crippen LogP contribution in [0, 0.1) is 11.8 Å². The van der Waals surface area contributed by atoms with Gasteiger partial charge in [-0.05, 0) is 44.6 Å². The van der Waals surface area contributed by atoms with E-state index < -0.39 is 0 Å². The van der Waals surface area contributed by atoms with Crippen LogP contribution in [0.15, 0.2) is 0 Å². The van der Waals surface area contributed by atoms with Crippen molar-refractivity contribution in [3.63, 3.8) is 0 Å². The summed E-state index contributed by atoms with van der Waals surface area (Å²) >= 11 is 0. The Morgan fingerprint density at radius 3 is 2.38 bits per heavy atom. The van der Waals surface area contributed by atoms with Crippen molar-refractivity contribution in [1.29, 1.82) is 0 Å². The van der Waals surface area contributed by atoms with Crippen molar-refractivity contribution in [2.24, 2.45) is 11.8 Å². The molecule has 0 saturated heterocycles. The molecule has 2 nitrogen and oxygen atoms in total. The minimum Gasteiger partial charge on any atom is -0.385 e. The summed E-state index contributed by atoms with van der Waals surface area (Å²) in [5, 5.41) is 3.64. The molecular weight excluding hydrogens is 198 g/mol. The van der Waals surface area contributed by atoms with Crippen molar-refractivity contribution in [2.45, 2.75) is 58.4 Å². The molecule has 1 saturated carbocycles. The molecule has 1 aliphatic rings. The Bertz CT molecular complexity index is 164. The van der Waals surface area contributed by atoms with Crippen LogP contribution in [0.4, 0.5) is 0 Å². The number of methoxy groups -OCH3 is 1. The maximum Gasteiger partial charge on any atom is 0.0476 e. The molecule has 0 bridgehead atoms. The maximum atomic E-state index is 5.09. The summed E-state index contributed by atoms with van der Waals surface area (Å²) in [7, 11) is 1.78. The summed E-state index contributed by atoms with van der Waals surface area (Å²) in [6.45, 7) is 6.67. The van der Waals surface area contributed by atoms with Crippen LogP contribution in [-0.4, -0.2) is 26.3 Å². The number of hydrogen-bond acceptors (Lipinski definition) is 2. The maximum absolute atomic E-state index is 5.09. The fraction of sp³-hybridized carbons (Fsp3) is 1.00. The van der Waals surface area contributed by atoms with Gasteiger partial charge in [-0.15, -0.1) is 0 Å². The van der Waals surface area contributed by atoms with Gasteiger partial charge in [0, 0.05) is 19.8 Å². The molecule has 0 radical (unpaired) electrons. The van der Waals surface area contributed by atoms with Crippen LogP contribution < -0.4 is 5.32 Å². The molecule has 1 aliphatic carbocycles. The van der Waals surface area contributed by atoms with Gasteiger partial charge in [0.1, 0.15) is 0 Å².